The molecule has 1 heterocycles. The summed E-state index contributed by atoms with van der Waals surface area (Å²) in [5.41, 5.74) is 2.99. The van der Waals surface area contributed by atoms with Crippen LogP contribution in [0.1, 0.15) is 50.8 Å². The predicted octanol–water partition coefficient (Wildman–Crippen LogP) is 3.50. The highest BCUT2D eigenvalue weighted by molar-refractivity contribution is 7.09. The summed E-state index contributed by atoms with van der Waals surface area (Å²) in [6, 6.07) is 4.57. The van der Waals surface area contributed by atoms with Gasteiger partial charge < -0.3 is 4.74 Å². The molecular weight excluding hydrogens is 268 g/mol. The number of thiophene rings is 1. The number of hydrogen-bond donors (Lipinski definition) is 2. The fourth-order valence-electron chi connectivity index (χ4n) is 3.37. The summed E-state index contributed by atoms with van der Waals surface area (Å²) in [6.07, 6.45) is 6.87. The van der Waals surface area contributed by atoms with Crippen LogP contribution in [-0.2, 0) is 11.2 Å². The second kappa shape index (κ2) is 7.55. The number of hydrazine groups is 1. The van der Waals surface area contributed by atoms with Crippen LogP contribution in [0.25, 0.3) is 0 Å². The summed E-state index contributed by atoms with van der Waals surface area (Å²) >= 11 is 1.83. The molecule has 1 aliphatic carbocycles. The molecule has 3 nitrogen and oxygen atoms in total. The summed E-state index contributed by atoms with van der Waals surface area (Å²) in [7, 11) is 0. The van der Waals surface area contributed by atoms with E-state index in [4.69, 9.17) is 10.6 Å². The maximum atomic E-state index is 6.20. The van der Waals surface area contributed by atoms with E-state index in [0.29, 0.717) is 0 Å². The molecule has 0 aliphatic heterocycles. The smallest absolute Gasteiger partial charge is 0.0848 e. The quantitative estimate of drug-likeness (QED) is 0.598. The molecule has 1 aromatic heterocycles. The van der Waals surface area contributed by atoms with E-state index in [9.17, 15) is 0 Å². The van der Waals surface area contributed by atoms with Crippen LogP contribution in [0.15, 0.2) is 17.5 Å². The Hall–Kier alpha value is -0.420. The minimum atomic E-state index is -0.0622. The molecule has 0 saturated heterocycles. The number of ether oxygens (including phenoxy) is 1. The van der Waals surface area contributed by atoms with Gasteiger partial charge >= 0.3 is 0 Å². The summed E-state index contributed by atoms with van der Waals surface area (Å²) in [4.78, 5) is 1.43. The van der Waals surface area contributed by atoms with E-state index in [-0.39, 0.29) is 11.6 Å². The van der Waals surface area contributed by atoms with Crippen molar-refractivity contribution in [1.82, 2.24) is 5.43 Å². The zero-order valence-corrected chi connectivity index (χ0v) is 13.5. The lowest BCUT2D eigenvalue weighted by atomic mass is 9.74. The van der Waals surface area contributed by atoms with Gasteiger partial charge in [-0.1, -0.05) is 13.0 Å². The molecule has 0 aromatic carbocycles. The van der Waals surface area contributed by atoms with Gasteiger partial charge in [-0.05, 0) is 62.8 Å². The first-order valence-electron chi connectivity index (χ1n) is 7.82. The summed E-state index contributed by atoms with van der Waals surface area (Å²) < 4.78 is 6.20. The van der Waals surface area contributed by atoms with Crippen molar-refractivity contribution in [3.63, 3.8) is 0 Å². The van der Waals surface area contributed by atoms with E-state index in [1.54, 1.807) is 0 Å². The van der Waals surface area contributed by atoms with Crippen molar-refractivity contribution in [2.45, 2.75) is 64.0 Å². The van der Waals surface area contributed by atoms with Gasteiger partial charge in [0.05, 0.1) is 11.6 Å². The van der Waals surface area contributed by atoms with E-state index in [0.717, 1.165) is 38.2 Å². The molecule has 1 fully saturated rings. The molecule has 1 unspecified atom stereocenters. The fraction of sp³-hybridized carbons (Fsp3) is 0.750. The molecule has 114 valence electrons. The first-order valence-corrected chi connectivity index (χ1v) is 8.70. The van der Waals surface area contributed by atoms with Crippen molar-refractivity contribution in [2.24, 2.45) is 11.8 Å². The largest absolute Gasteiger partial charge is 0.374 e. The van der Waals surface area contributed by atoms with Gasteiger partial charge in [-0.15, -0.1) is 11.3 Å². The molecule has 2 rings (SSSR count). The van der Waals surface area contributed by atoms with E-state index < -0.39 is 0 Å². The summed E-state index contributed by atoms with van der Waals surface area (Å²) in [5.74, 6) is 6.69. The first kappa shape index (κ1) is 16.0. The van der Waals surface area contributed by atoms with E-state index >= 15 is 0 Å². The Kier molecular flexibility index (Phi) is 6.02. The highest BCUT2D eigenvalue weighted by Crippen LogP contribution is 2.38. The second-order valence-corrected chi connectivity index (χ2v) is 7.05. The molecule has 4 heteroatoms. The Labute approximate surface area is 126 Å². The summed E-state index contributed by atoms with van der Waals surface area (Å²) in [5, 5.41) is 2.14. The van der Waals surface area contributed by atoms with Crippen LogP contribution < -0.4 is 11.3 Å². The van der Waals surface area contributed by atoms with Crippen LogP contribution in [0.4, 0.5) is 0 Å². The highest BCUT2D eigenvalue weighted by atomic mass is 32.1. The number of rotatable bonds is 7. The molecule has 0 spiro atoms. The number of nitrogens with two attached hydrogens (primary N) is 1. The molecule has 1 aromatic rings. The number of aryl methyl sites for hydroxylation is 1. The zero-order valence-electron chi connectivity index (χ0n) is 12.7. The van der Waals surface area contributed by atoms with Crippen LogP contribution >= 0.6 is 11.3 Å². The van der Waals surface area contributed by atoms with Crippen LogP contribution in [0.2, 0.25) is 0 Å². The second-order valence-electron chi connectivity index (χ2n) is 6.02. The van der Waals surface area contributed by atoms with Crippen molar-refractivity contribution < 1.29 is 4.74 Å². The third-order valence-corrected chi connectivity index (χ3v) is 5.58. The Bertz CT molecular complexity index is 372. The molecule has 0 radical (unpaired) electrons. The average molecular weight is 296 g/mol. The highest BCUT2D eigenvalue weighted by Gasteiger charge is 2.41. The maximum Gasteiger partial charge on any atom is 0.0848 e. The van der Waals surface area contributed by atoms with Crippen molar-refractivity contribution >= 4 is 11.3 Å². The van der Waals surface area contributed by atoms with Gasteiger partial charge in [0.25, 0.3) is 0 Å². The topological polar surface area (TPSA) is 47.3 Å². The van der Waals surface area contributed by atoms with Gasteiger partial charge in [-0.2, -0.15) is 0 Å². The van der Waals surface area contributed by atoms with E-state index in [2.05, 4.69) is 36.8 Å². The van der Waals surface area contributed by atoms with Gasteiger partial charge in [0, 0.05) is 11.5 Å². The van der Waals surface area contributed by atoms with E-state index in [1.165, 1.54) is 17.7 Å². The maximum absolute atomic E-state index is 6.20. The molecule has 1 atom stereocenters. The number of hydrogen-bond acceptors (Lipinski definition) is 4. The zero-order chi connectivity index (χ0) is 14.4. The third kappa shape index (κ3) is 3.82. The third-order valence-electron chi connectivity index (χ3n) is 4.65. The fourth-order valence-corrected chi connectivity index (χ4v) is 4.10. The van der Waals surface area contributed by atoms with Crippen LogP contribution in [-0.4, -0.2) is 18.2 Å². The Morgan fingerprint density at radius 3 is 2.80 bits per heavy atom. The molecule has 20 heavy (non-hydrogen) atoms. The number of nitrogens with one attached hydrogen (secondary N) is 1. The molecule has 3 N–H and O–H groups in total. The Morgan fingerprint density at radius 2 is 2.25 bits per heavy atom. The van der Waals surface area contributed by atoms with Gasteiger partial charge in [-0.3, -0.25) is 11.3 Å². The molecule has 0 amide bonds. The SMILES string of the molecule is CCOC1(C(CCc2cccs2)NN)CCC(C)CC1. The van der Waals surface area contributed by atoms with Gasteiger partial charge in [0.15, 0.2) is 0 Å². The predicted molar refractivity (Wildman–Crippen MR) is 85.7 cm³/mol. The minimum Gasteiger partial charge on any atom is -0.374 e. The molecule has 1 saturated carbocycles. The van der Waals surface area contributed by atoms with E-state index in [1.807, 2.05) is 11.3 Å². The monoisotopic (exact) mass is 296 g/mol. The molecule has 0 bridgehead atoms. The normalized spacial score (nSPS) is 28.4. The average Bonchev–Trinajstić information content (AvgIpc) is 2.96. The minimum absolute atomic E-state index is 0.0622. The molecular formula is C16H28N2OS. The van der Waals surface area contributed by atoms with Crippen molar-refractivity contribution in [2.75, 3.05) is 6.61 Å². The van der Waals surface area contributed by atoms with Crippen molar-refractivity contribution in [1.29, 1.82) is 0 Å². The lowest BCUT2D eigenvalue weighted by Gasteiger charge is -2.44. The van der Waals surface area contributed by atoms with Crippen LogP contribution in [0, 0.1) is 5.92 Å². The first-order chi connectivity index (χ1) is 9.70. The van der Waals surface area contributed by atoms with Crippen molar-refractivity contribution in [3.8, 4) is 0 Å². The van der Waals surface area contributed by atoms with Crippen molar-refractivity contribution in [3.05, 3.63) is 22.4 Å². The lowest BCUT2D eigenvalue weighted by molar-refractivity contribution is -0.0977. The summed E-state index contributed by atoms with van der Waals surface area (Å²) in [6.45, 7) is 5.20. The lowest BCUT2D eigenvalue weighted by Crippen LogP contribution is -2.56. The Morgan fingerprint density at radius 1 is 1.50 bits per heavy atom. The standard InChI is InChI=1S/C16H28N2OS/c1-3-19-16(10-8-13(2)9-11-16)15(18-17)7-6-14-5-4-12-20-14/h4-5,12-13,15,18H,3,6-11,17H2,1-2H3. The van der Waals surface area contributed by atoms with Gasteiger partial charge in [0.2, 0.25) is 0 Å². The van der Waals surface area contributed by atoms with Gasteiger partial charge in [0.1, 0.15) is 0 Å². The van der Waals surface area contributed by atoms with Crippen LogP contribution in [0.5, 0.6) is 0 Å². The van der Waals surface area contributed by atoms with Crippen LogP contribution in [0.3, 0.4) is 0 Å². The Balaban J connectivity index is 2.00. The molecule has 1 aliphatic rings. The van der Waals surface area contributed by atoms with Gasteiger partial charge in [-0.25, -0.2) is 0 Å².